The number of hydrogen-bond acceptors (Lipinski definition) is 5. The second kappa shape index (κ2) is 13.7. The van der Waals surface area contributed by atoms with E-state index >= 15 is 0 Å². The van der Waals surface area contributed by atoms with E-state index in [0.29, 0.717) is 24.1 Å². The number of rotatable bonds is 11. The van der Waals surface area contributed by atoms with Crippen molar-refractivity contribution < 1.29 is 9.53 Å². The number of methoxy groups -OCH3 is 1. The van der Waals surface area contributed by atoms with Gasteiger partial charge in [0.05, 0.1) is 13.7 Å². The van der Waals surface area contributed by atoms with Crippen LogP contribution in [0.1, 0.15) is 64.3 Å². The molecule has 0 radical (unpaired) electrons. The van der Waals surface area contributed by atoms with Crippen molar-refractivity contribution in [2.75, 3.05) is 26.7 Å². The van der Waals surface area contributed by atoms with Gasteiger partial charge in [0.25, 0.3) is 5.91 Å². The molecule has 40 heavy (non-hydrogen) atoms. The predicted molar refractivity (Wildman–Crippen MR) is 163 cm³/mol. The number of benzene rings is 3. The summed E-state index contributed by atoms with van der Waals surface area (Å²) in [6, 6.07) is 29.9. The van der Waals surface area contributed by atoms with E-state index in [2.05, 4.69) is 84.6 Å². The molecule has 0 aliphatic carbocycles. The standard InChI is InChI=1S/C34H39N3O2S/c1-26-17-21-37(22-18-26)34(38)32-25-40-33(35-32)24-36(23-27-13-15-30(39-2)16-14-27)20-19-31(28-9-5-3-6-10-28)29-11-7-4-8-12-29/h3-16,25-26,31H,17-24H2,1-2H3. The molecule has 6 heteroatoms. The van der Waals surface area contributed by atoms with Crippen LogP contribution in [-0.2, 0) is 13.1 Å². The Labute approximate surface area is 242 Å². The molecule has 1 aliphatic rings. The summed E-state index contributed by atoms with van der Waals surface area (Å²) < 4.78 is 5.37. The molecule has 1 aliphatic heterocycles. The summed E-state index contributed by atoms with van der Waals surface area (Å²) in [5, 5.41) is 2.93. The summed E-state index contributed by atoms with van der Waals surface area (Å²) in [6.07, 6.45) is 3.12. The molecule has 1 saturated heterocycles. The molecule has 1 amide bonds. The number of nitrogens with zero attached hydrogens (tertiary/aromatic N) is 3. The Hall–Kier alpha value is -3.48. The monoisotopic (exact) mass is 553 g/mol. The van der Waals surface area contributed by atoms with E-state index in [0.717, 1.165) is 56.2 Å². The zero-order valence-corrected chi connectivity index (χ0v) is 24.4. The van der Waals surface area contributed by atoms with Crippen LogP contribution in [0.3, 0.4) is 0 Å². The van der Waals surface area contributed by atoms with Gasteiger partial charge in [0, 0.05) is 30.9 Å². The molecule has 2 heterocycles. The fourth-order valence-corrected chi connectivity index (χ4v) is 6.27. The van der Waals surface area contributed by atoms with Gasteiger partial charge < -0.3 is 9.64 Å². The van der Waals surface area contributed by atoms with Gasteiger partial charge in [-0.1, -0.05) is 79.7 Å². The molecule has 5 rings (SSSR count). The molecular formula is C34H39N3O2S. The second-order valence-corrected chi connectivity index (χ2v) is 11.8. The van der Waals surface area contributed by atoms with E-state index in [4.69, 9.17) is 9.72 Å². The zero-order valence-electron chi connectivity index (χ0n) is 23.5. The molecule has 208 valence electrons. The summed E-state index contributed by atoms with van der Waals surface area (Å²) in [7, 11) is 1.69. The maximum Gasteiger partial charge on any atom is 0.273 e. The van der Waals surface area contributed by atoms with Gasteiger partial charge in [0.2, 0.25) is 0 Å². The molecule has 0 unspecified atom stereocenters. The number of thiazole rings is 1. The van der Waals surface area contributed by atoms with E-state index in [9.17, 15) is 4.79 Å². The van der Waals surface area contributed by atoms with Crippen LogP contribution in [0.15, 0.2) is 90.3 Å². The fourth-order valence-electron chi connectivity index (χ4n) is 5.46. The highest BCUT2D eigenvalue weighted by Gasteiger charge is 2.24. The van der Waals surface area contributed by atoms with Crippen molar-refractivity contribution in [3.05, 3.63) is 118 Å². The molecule has 0 atom stereocenters. The van der Waals surface area contributed by atoms with Crippen LogP contribution in [-0.4, -0.2) is 47.4 Å². The van der Waals surface area contributed by atoms with E-state index in [1.165, 1.54) is 16.7 Å². The van der Waals surface area contributed by atoms with Gasteiger partial charge in [-0.15, -0.1) is 11.3 Å². The molecule has 0 N–H and O–H groups in total. The predicted octanol–water partition coefficient (Wildman–Crippen LogP) is 7.25. The van der Waals surface area contributed by atoms with Gasteiger partial charge in [0.15, 0.2) is 0 Å². The number of amides is 1. The average molecular weight is 554 g/mol. The summed E-state index contributed by atoms with van der Waals surface area (Å²) in [5.74, 6) is 1.93. The van der Waals surface area contributed by atoms with Gasteiger partial charge in [-0.25, -0.2) is 4.98 Å². The molecule has 5 nitrogen and oxygen atoms in total. The molecule has 3 aromatic carbocycles. The first-order valence-corrected chi connectivity index (χ1v) is 15.2. The van der Waals surface area contributed by atoms with Crippen LogP contribution < -0.4 is 4.74 Å². The van der Waals surface area contributed by atoms with Gasteiger partial charge in [-0.2, -0.15) is 0 Å². The number of carbonyl (C=O) groups excluding carboxylic acids is 1. The van der Waals surface area contributed by atoms with Crippen LogP contribution in [0.2, 0.25) is 0 Å². The summed E-state index contributed by atoms with van der Waals surface area (Å²) in [5.41, 5.74) is 4.48. The first kappa shape index (κ1) is 28.1. The highest BCUT2D eigenvalue weighted by Crippen LogP contribution is 2.29. The van der Waals surface area contributed by atoms with E-state index in [1.807, 2.05) is 22.4 Å². The van der Waals surface area contributed by atoms with Gasteiger partial charge in [-0.05, 0) is 60.5 Å². The van der Waals surface area contributed by atoms with E-state index in [1.54, 1.807) is 18.4 Å². The van der Waals surface area contributed by atoms with Crippen molar-refractivity contribution in [1.29, 1.82) is 0 Å². The number of piperidine rings is 1. The second-order valence-electron chi connectivity index (χ2n) is 10.8. The van der Waals surface area contributed by atoms with Crippen molar-refractivity contribution in [2.24, 2.45) is 5.92 Å². The Morgan fingerprint density at radius 2 is 1.57 bits per heavy atom. The minimum Gasteiger partial charge on any atom is -0.497 e. The van der Waals surface area contributed by atoms with Crippen LogP contribution in [0.4, 0.5) is 0 Å². The summed E-state index contributed by atoms with van der Waals surface area (Å²) >= 11 is 1.59. The molecule has 0 spiro atoms. The lowest BCUT2D eigenvalue weighted by atomic mass is 9.88. The lowest BCUT2D eigenvalue weighted by Crippen LogP contribution is -2.38. The summed E-state index contributed by atoms with van der Waals surface area (Å²) in [6.45, 7) is 6.33. The molecule has 0 saturated carbocycles. The van der Waals surface area contributed by atoms with Crippen LogP contribution in [0.5, 0.6) is 5.75 Å². The first-order chi connectivity index (χ1) is 19.6. The van der Waals surface area contributed by atoms with E-state index < -0.39 is 0 Å². The van der Waals surface area contributed by atoms with Crippen LogP contribution >= 0.6 is 11.3 Å². The van der Waals surface area contributed by atoms with Gasteiger partial charge in [-0.3, -0.25) is 9.69 Å². The van der Waals surface area contributed by atoms with Crippen molar-refractivity contribution in [2.45, 2.75) is 45.2 Å². The topological polar surface area (TPSA) is 45.7 Å². The Balaban J connectivity index is 1.33. The Morgan fingerprint density at radius 1 is 0.950 bits per heavy atom. The van der Waals surface area contributed by atoms with E-state index in [-0.39, 0.29) is 5.91 Å². The molecule has 1 fully saturated rings. The van der Waals surface area contributed by atoms with Gasteiger partial charge >= 0.3 is 0 Å². The molecular weight excluding hydrogens is 514 g/mol. The number of likely N-dealkylation sites (tertiary alicyclic amines) is 1. The third-order valence-corrected chi connectivity index (χ3v) is 8.74. The number of hydrogen-bond donors (Lipinski definition) is 0. The average Bonchev–Trinajstić information content (AvgIpc) is 3.47. The van der Waals surface area contributed by atoms with Crippen LogP contribution in [0.25, 0.3) is 0 Å². The molecule has 4 aromatic rings. The molecule has 0 bridgehead atoms. The largest absolute Gasteiger partial charge is 0.497 e. The third kappa shape index (κ3) is 7.38. The maximum absolute atomic E-state index is 13.1. The lowest BCUT2D eigenvalue weighted by Gasteiger charge is -2.29. The van der Waals surface area contributed by atoms with Crippen molar-refractivity contribution in [3.63, 3.8) is 0 Å². The van der Waals surface area contributed by atoms with Crippen LogP contribution in [0, 0.1) is 5.92 Å². The zero-order chi connectivity index (χ0) is 27.7. The fraction of sp³-hybridized carbons (Fsp3) is 0.353. The SMILES string of the molecule is COc1ccc(CN(CCC(c2ccccc2)c2ccccc2)Cc2nc(C(=O)N3CCC(C)CC3)cs2)cc1. The lowest BCUT2D eigenvalue weighted by molar-refractivity contribution is 0.0691. The third-order valence-electron chi connectivity index (χ3n) is 7.90. The molecule has 1 aromatic heterocycles. The smallest absolute Gasteiger partial charge is 0.273 e. The number of ether oxygens (including phenoxy) is 1. The number of carbonyl (C=O) groups is 1. The minimum atomic E-state index is 0.0734. The van der Waals surface area contributed by atoms with Crippen molar-refractivity contribution >= 4 is 17.2 Å². The highest BCUT2D eigenvalue weighted by atomic mass is 32.1. The minimum absolute atomic E-state index is 0.0734. The quantitative estimate of drug-likeness (QED) is 0.196. The number of aromatic nitrogens is 1. The van der Waals surface area contributed by atoms with Crippen molar-refractivity contribution in [3.8, 4) is 5.75 Å². The van der Waals surface area contributed by atoms with Crippen molar-refractivity contribution in [1.82, 2.24) is 14.8 Å². The maximum atomic E-state index is 13.1. The Bertz CT molecular complexity index is 1290. The highest BCUT2D eigenvalue weighted by molar-refractivity contribution is 7.09. The Kier molecular flexibility index (Phi) is 9.63. The normalized spacial score (nSPS) is 14.2. The first-order valence-electron chi connectivity index (χ1n) is 14.3. The summed E-state index contributed by atoms with van der Waals surface area (Å²) in [4.78, 5) is 22.4. The Morgan fingerprint density at radius 3 is 2.17 bits per heavy atom. The van der Waals surface area contributed by atoms with Gasteiger partial charge in [0.1, 0.15) is 16.5 Å².